The number of benzene rings is 1. The molecule has 1 atom stereocenters. The van der Waals surface area contributed by atoms with Gasteiger partial charge in [0.05, 0.1) is 0 Å². The predicted molar refractivity (Wildman–Crippen MR) is 63.0 cm³/mol. The van der Waals surface area contributed by atoms with Gasteiger partial charge in [0.25, 0.3) is 5.92 Å². The summed E-state index contributed by atoms with van der Waals surface area (Å²) in [5.74, 6) is -5.41. The van der Waals surface area contributed by atoms with Gasteiger partial charge in [-0.15, -0.1) is 0 Å². The van der Waals surface area contributed by atoms with Crippen LogP contribution in [0.2, 0.25) is 0 Å². The molecule has 0 radical (unpaired) electrons. The van der Waals surface area contributed by atoms with E-state index in [-0.39, 0.29) is 11.5 Å². The van der Waals surface area contributed by atoms with Crippen molar-refractivity contribution in [3.05, 3.63) is 48.0 Å². The van der Waals surface area contributed by atoms with Crippen molar-refractivity contribution in [3.8, 4) is 11.3 Å². The molecule has 0 bridgehead atoms. The molecule has 0 aliphatic heterocycles. The van der Waals surface area contributed by atoms with Crippen LogP contribution < -0.4 is 0 Å². The first-order valence-corrected chi connectivity index (χ1v) is 5.84. The molecule has 2 aromatic rings. The van der Waals surface area contributed by atoms with Crippen LogP contribution in [0, 0.1) is 5.82 Å². The monoisotopic (exact) mass is 282 g/mol. The number of rotatable bonds is 3. The Morgan fingerprint density at radius 2 is 1.75 bits per heavy atom. The molecular weight excluding hydrogens is 273 g/mol. The molecular formula is C14H9F3O3. The normalized spacial score (nSPS) is 23.6. The molecule has 1 aliphatic carbocycles. The zero-order valence-corrected chi connectivity index (χ0v) is 10.1. The Labute approximate surface area is 111 Å². The Bertz CT molecular complexity index is 675. The van der Waals surface area contributed by atoms with Crippen molar-refractivity contribution >= 4 is 5.97 Å². The van der Waals surface area contributed by atoms with E-state index < -0.39 is 29.5 Å². The second kappa shape index (κ2) is 3.88. The second-order valence-electron chi connectivity index (χ2n) is 4.76. The lowest BCUT2D eigenvalue weighted by molar-refractivity contribution is -0.143. The van der Waals surface area contributed by atoms with Gasteiger partial charge < -0.3 is 9.52 Å². The fourth-order valence-corrected chi connectivity index (χ4v) is 2.23. The van der Waals surface area contributed by atoms with Gasteiger partial charge in [0.15, 0.2) is 5.41 Å². The highest BCUT2D eigenvalue weighted by molar-refractivity contribution is 5.87. The summed E-state index contributed by atoms with van der Waals surface area (Å²) in [7, 11) is 0. The first kappa shape index (κ1) is 12.8. The molecule has 20 heavy (non-hydrogen) atoms. The summed E-state index contributed by atoms with van der Waals surface area (Å²) in [6.07, 6.45) is -0.772. The molecule has 1 heterocycles. The van der Waals surface area contributed by atoms with Crippen molar-refractivity contribution in [2.24, 2.45) is 0 Å². The number of hydrogen-bond acceptors (Lipinski definition) is 2. The smallest absolute Gasteiger partial charge is 0.323 e. The minimum atomic E-state index is -3.31. The van der Waals surface area contributed by atoms with Crippen LogP contribution in [0.4, 0.5) is 13.2 Å². The highest BCUT2D eigenvalue weighted by Crippen LogP contribution is 2.62. The minimum absolute atomic E-state index is 0.225. The third-order valence-corrected chi connectivity index (χ3v) is 3.51. The van der Waals surface area contributed by atoms with E-state index in [1.54, 1.807) is 0 Å². The lowest BCUT2D eigenvalue weighted by atomic mass is 10.0. The highest BCUT2D eigenvalue weighted by Gasteiger charge is 2.79. The molecule has 0 amide bonds. The SMILES string of the molecule is O=C(O)C1(c2ccc(-c3ccc(F)cc3)o2)CC1(F)F. The topological polar surface area (TPSA) is 50.4 Å². The third-order valence-electron chi connectivity index (χ3n) is 3.51. The molecule has 1 fully saturated rings. The fraction of sp³-hybridized carbons (Fsp3) is 0.214. The molecule has 3 nitrogen and oxygen atoms in total. The second-order valence-corrected chi connectivity index (χ2v) is 4.76. The highest BCUT2D eigenvalue weighted by atomic mass is 19.3. The fourth-order valence-electron chi connectivity index (χ4n) is 2.23. The van der Waals surface area contributed by atoms with Gasteiger partial charge in [-0.3, -0.25) is 4.79 Å². The Hall–Kier alpha value is -2.24. The lowest BCUT2D eigenvalue weighted by Crippen LogP contribution is -2.26. The van der Waals surface area contributed by atoms with E-state index in [0.29, 0.717) is 5.56 Å². The molecule has 3 rings (SSSR count). The van der Waals surface area contributed by atoms with Crippen molar-refractivity contribution in [2.75, 3.05) is 0 Å². The Balaban J connectivity index is 1.99. The van der Waals surface area contributed by atoms with E-state index in [0.717, 1.165) is 0 Å². The van der Waals surface area contributed by atoms with Gasteiger partial charge in [-0.1, -0.05) is 0 Å². The summed E-state index contributed by atoms with van der Waals surface area (Å²) >= 11 is 0. The number of carbonyl (C=O) groups is 1. The molecule has 1 aromatic heterocycles. The van der Waals surface area contributed by atoms with E-state index in [2.05, 4.69) is 0 Å². The van der Waals surface area contributed by atoms with Crippen molar-refractivity contribution < 1.29 is 27.5 Å². The number of halogens is 3. The molecule has 1 unspecified atom stereocenters. The summed E-state index contributed by atoms with van der Waals surface area (Å²) < 4.78 is 44.8. The van der Waals surface area contributed by atoms with E-state index in [1.807, 2.05) is 0 Å². The van der Waals surface area contributed by atoms with Crippen LogP contribution in [0.25, 0.3) is 11.3 Å². The number of furan rings is 1. The van der Waals surface area contributed by atoms with Gasteiger partial charge in [-0.25, -0.2) is 13.2 Å². The number of alkyl halides is 2. The zero-order valence-electron chi connectivity index (χ0n) is 10.1. The largest absolute Gasteiger partial charge is 0.480 e. The third kappa shape index (κ3) is 1.64. The van der Waals surface area contributed by atoms with Gasteiger partial charge in [0, 0.05) is 12.0 Å². The molecule has 1 aliphatic rings. The number of carboxylic acid groups (broad SMARTS) is 1. The van der Waals surface area contributed by atoms with Crippen LogP contribution in [0.1, 0.15) is 12.2 Å². The summed E-state index contributed by atoms with van der Waals surface area (Å²) in [4.78, 5) is 11.1. The van der Waals surface area contributed by atoms with Crippen molar-refractivity contribution in [2.45, 2.75) is 17.8 Å². The van der Waals surface area contributed by atoms with E-state index in [4.69, 9.17) is 9.52 Å². The maximum Gasteiger partial charge on any atom is 0.323 e. The summed E-state index contributed by atoms with van der Waals surface area (Å²) in [5.41, 5.74) is -1.78. The lowest BCUT2D eigenvalue weighted by Gasteiger charge is -2.07. The number of aliphatic carboxylic acids is 1. The van der Waals surface area contributed by atoms with Gasteiger partial charge in [0.2, 0.25) is 0 Å². The van der Waals surface area contributed by atoms with Gasteiger partial charge >= 0.3 is 5.97 Å². The van der Waals surface area contributed by atoms with Crippen LogP contribution in [0.15, 0.2) is 40.8 Å². The van der Waals surface area contributed by atoms with Crippen molar-refractivity contribution in [3.63, 3.8) is 0 Å². The van der Waals surface area contributed by atoms with Crippen LogP contribution in [-0.4, -0.2) is 17.0 Å². The number of hydrogen-bond donors (Lipinski definition) is 1. The first-order valence-electron chi connectivity index (χ1n) is 5.84. The molecule has 0 spiro atoms. The van der Waals surface area contributed by atoms with E-state index in [1.165, 1.54) is 36.4 Å². The van der Waals surface area contributed by atoms with Crippen LogP contribution >= 0.6 is 0 Å². The average molecular weight is 282 g/mol. The summed E-state index contributed by atoms with van der Waals surface area (Å²) in [6.45, 7) is 0. The average Bonchev–Trinajstić information content (AvgIpc) is 2.75. The quantitative estimate of drug-likeness (QED) is 0.938. The molecule has 1 N–H and O–H groups in total. The molecule has 6 heteroatoms. The molecule has 1 saturated carbocycles. The summed E-state index contributed by atoms with van der Waals surface area (Å²) in [5, 5.41) is 9.02. The Morgan fingerprint density at radius 1 is 1.15 bits per heavy atom. The maximum absolute atomic E-state index is 13.4. The van der Waals surface area contributed by atoms with Crippen LogP contribution in [0.3, 0.4) is 0 Å². The molecule has 1 aromatic carbocycles. The van der Waals surface area contributed by atoms with Crippen molar-refractivity contribution in [1.82, 2.24) is 0 Å². The predicted octanol–water partition coefficient (Wildman–Crippen LogP) is 3.45. The first-order chi connectivity index (χ1) is 9.37. The summed E-state index contributed by atoms with van der Waals surface area (Å²) in [6, 6.07) is 7.90. The van der Waals surface area contributed by atoms with Gasteiger partial charge in [-0.2, -0.15) is 0 Å². The molecule has 104 valence electrons. The zero-order chi connectivity index (χ0) is 14.5. The standard InChI is InChI=1S/C14H9F3O3/c15-9-3-1-8(2-4-9)10-5-6-11(20-10)13(12(18)19)7-14(13,16)17/h1-6H,7H2,(H,18,19). The Morgan fingerprint density at radius 3 is 2.25 bits per heavy atom. The van der Waals surface area contributed by atoms with Gasteiger partial charge in [-0.05, 0) is 36.4 Å². The maximum atomic E-state index is 13.4. The Kier molecular flexibility index (Phi) is 2.48. The number of carboxylic acids is 1. The van der Waals surface area contributed by atoms with Crippen molar-refractivity contribution in [1.29, 1.82) is 0 Å². The van der Waals surface area contributed by atoms with Crippen LogP contribution in [0.5, 0.6) is 0 Å². The van der Waals surface area contributed by atoms with Gasteiger partial charge in [0.1, 0.15) is 17.3 Å². The van der Waals surface area contributed by atoms with Crippen LogP contribution in [-0.2, 0) is 10.2 Å². The minimum Gasteiger partial charge on any atom is -0.480 e. The van der Waals surface area contributed by atoms with E-state index in [9.17, 15) is 18.0 Å². The van der Waals surface area contributed by atoms with E-state index >= 15 is 0 Å². The molecule has 0 saturated heterocycles.